The Bertz CT molecular complexity index is 597. The summed E-state index contributed by atoms with van der Waals surface area (Å²) in [5.74, 6) is -0.680. The van der Waals surface area contributed by atoms with Gasteiger partial charge in [-0.25, -0.2) is 14.4 Å². The number of benzene rings is 1. The summed E-state index contributed by atoms with van der Waals surface area (Å²) >= 11 is 0. The number of hydrogen-bond acceptors (Lipinski definition) is 6. The molecule has 0 aliphatic heterocycles. The van der Waals surface area contributed by atoms with Gasteiger partial charge in [0.1, 0.15) is 18.2 Å². The van der Waals surface area contributed by atoms with Crippen molar-refractivity contribution in [2.45, 2.75) is 45.9 Å². The number of ether oxygens (including phenoxy) is 3. The van der Waals surface area contributed by atoms with E-state index in [1.165, 1.54) is 0 Å². The lowest BCUT2D eigenvalue weighted by molar-refractivity contribution is -0.145. The van der Waals surface area contributed by atoms with Crippen LogP contribution in [0, 0.1) is 0 Å². The zero-order valence-electron chi connectivity index (χ0n) is 15.5. The Morgan fingerprint density at radius 2 is 1.69 bits per heavy atom. The monoisotopic (exact) mass is 366 g/mol. The summed E-state index contributed by atoms with van der Waals surface area (Å²) < 4.78 is 15.1. The van der Waals surface area contributed by atoms with Gasteiger partial charge >= 0.3 is 18.2 Å². The number of nitrogens with one attached hydrogen (secondary N) is 2. The number of rotatable bonds is 7. The van der Waals surface area contributed by atoms with E-state index in [4.69, 9.17) is 14.2 Å². The van der Waals surface area contributed by atoms with Crippen LogP contribution in [0.2, 0.25) is 0 Å². The zero-order valence-corrected chi connectivity index (χ0v) is 15.5. The lowest BCUT2D eigenvalue weighted by atomic mass is 10.2. The number of alkyl carbamates (subject to hydrolysis) is 2. The molecule has 26 heavy (non-hydrogen) atoms. The molecule has 0 aliphatic rings. The minimum absolute atomic E-state index is 0.0573. The molecule has 1 atom stereocenters. The minimum atomic E-state index is -1.09. The van der Waals surface area contributed by atoms with Crippen molar-refractivity contribution in [3.05, 3.63) is 35.9 Å². The minimum Gasteiger partial charge on any atom is -0.464 e. The van der Waals surface area contributed by atoms with E-state index >= 15 is 0 Å². The molecule has 1 rings (SSSR count). The third kappa shape index (κ3) is 8.91. The molecule has 0 spiro atoms. The Morgan fingerprint density at radius 1 is 1.04 bits per heavy atom. The second-order valence-electron chi connectivity index (χ2n) is 6.39. The van der Waals surface area contributed by atoms with E-state index in [0.717, 1.165) is 5.56 Å². The molecule has 0 saturated heterocycles. The molecule has 1 aromatic carbocycles. The molecule has 0 heterocycles. The Balaban J connectivity index is 2.55. The summed E-state index contributed by atoms with van der Waals surface area (Å²) in [6, 6.07) is 8.01. The number of carbonyl (C=O) groups excluding carboxylic acids is 3. The highest BCUT2D eigenvalue weighted by Gasteiger charge is 2.25. The quantitative estimate of drug-likeness (QED) is 0.567. The van der Waals surface area contributed by atoms with Crippen LogP contribution in [-0.2, 0) is 25.6 Å². The van der Waals surface area contributed by atoms with Gasteiger partial charge in [-0.3, -0.25) is 0 Å². The molecule has 8 heteroatoms. The number of carbonyl (C=O) groups is 3. The fraction of sp³-hybridized carbons (Fsp3) is 0.500. The van der Waals surface area contributed by atoms with E-state index in [-0.39, 0.29) is 19.8 Å². The van der Waals surface area contributed by atoms with E-state index in [1.54, 1.807) is 39.8 Å². The summed E-state index contributed by atoms with van der Waals surface area (Å²) in [4.78, 5) is 35.6. The lowest BCUT2D eigenvalue weighted by Gasteiger charge is -2.21. The van der Waals surface area contributed by atoms with Crippen molar-refractivity contribution in [2.24, 2.45) is 0 Å². The van der Waals surface area contributed by atoms with Crippen molar-refractivity contribution in [3.63, 3.8) is 0 Å². The maximum absolute atomic E-state index is 12.0. The van der Waals surface area contributed by atoms with Gasteiger partial charge < -0.3 is 24.8 Å². The molecule has 0 saturated carbocycles. The van der Waals surface area contributed by atoms with E-state index in [1.807, 2.05) is 18.2 Å². The molecule has 2 amide bonds. The molecule has 0 bridgehead atoms. The van der Waals surface area contributed by atoms with Gasteiger partial charge in [-0.2, -0.15) is 0 Å². The van der Waals surface area contributed by atoms with E-state index in [2.05, 4.69) is 10.6 Å². The van der Waals surface area contributed by atoms with Crippen LogP contribution in [-0.4, -0.2) is 43.0 Å². The average Bonchev–Trinajstić information content (AvgIpc) is 2.56. The summed E-state index contributed by atoms with van der Waals surface area (Å²) in [6.45, 7) is 6.81. The van der Waals surface area contributed by atoms with Crippen LogP contribution in [0.25, 0.3) is 0 Å². The van der Waals surface area contributed by atoms with Crippen molar-refractivity contribution in [2.75, 3.05) is 13.2 Å². The smallest absolute Gasteiger partial charge is 0.408 e. The highest BCUT2D eigenvalue weighted by atomic mass is 16.6. The summed E-state index contributed by atoms with van der Waals surface area (Å²) in [7, 11) is 0. The molecular weight excluding hydrogens is 340 g/mol. The Hall–Kier alpha value is -2.77. The number of amides is 2. The van der Waals surface area contributed by atoms with Crippen molar-refractivity contribution < 1.29 is 28.6 Å². The second-order valence-corrected chi connectivity index (χ2v) is 6.39. The first-order valence-corrected chi connectivity index (χ1v) is 8.32. The highest BCUT2D eigenvalue weighted by Crippen LogP contribution is 2.06. The summed E-state index contributed by atoms with van der Waals surface area (Å²) in [6.07, 6.45) is -1.50. The average molecular weight is 366 g/mol. The van der Waals surface area contributed by atoms with Crippen LogP contribution in [0.5, 0.6) is 0 Å². The predicted molar refractivity (Wildman–Crippen MR) is 94.4 cm³/mol. The summed E-state index contributed by atoms with van der Waals surface area (Å²) in [5.41, 5.74) is 0.133. The van der Waals surface area contributed by atoms with Crippen LogP contribution >= 0.6 is 0 Å². The second kappa shape index (κ2) is 10.3. The van der Waals surface area contributed by atoms with E-state index in [9.17, 15) is 14.4 Å². The molecule has 0 aliphatic carbocycles. The lowest BCUT2D eigenvalue weighted by Crippen LogP contribution is -2.50. The Labute approximate surface area is 153 Å². The van der Waals surface area contributed by atoms with E-state index < -0.39 is 29.8 Å². The van der Waals surface area contributed by atoms with Gasteiger partial charge in [-0.15, -0.1) is 0 Å². The van der Waals surface area contributed by atoms with Crippen molar-refractivity contribution in [3.8, 4) is 0 Å². The predicted octanol–water partition coefficient (Wildman–Crippen LogP) is 2.37. The largest absolute Gasteiger partial charge is 0.464 e. The SMILES string of the molecule is CCOC(=O)[C@H](CNC(=O)OC(C)(C)C)NC(=O)OCc1ccccc1. The van der Waals surface area contributed by atoms with Gasteiger partial charge in [0.25, 0.3) is 0 Å². The first kappa shape index (κ1) is 21.3. The van der Waals surface area contributed by atoms with Crippen molar-refractivity contribution >= 4 is 18.2 Å². The highest BCUT2D eigenvalue weighted by molar-refractivity contribution is 5.82. The van der Waals surface area contributed by atoms with Crippen molar-refractivity contribution in [1.29, 1.82) is 0 Å². The van der Waals surface area contributed by atoms with Crippen molar-refractivity contribution in [1.82, 2.24) is 10.6 Å². The zero-order chi connectivity index (χ0) is 19.6. The third-order valence-electron chi connectivity index (χ3n) is 2.93. The van der Waals surface area contributed by atoms with Crippen LogP contribution in [0.4, 0.5) is 9.59 Å². The molecule has 1 aromatic rings. The molecule has 0 unspecified atom stereocenters. The topological polar surface area (TPSA) is 103 Å². The van der Waals surface area contributed by atoms with Gasteiger partial charge in [-0.05, 0) is 33.3 Å². The van der Waals surface area contributed by atoms with Crippen LogP contribution in [0.1, 0.15) is 33.3 Å². The normalized spacial score (nSPS) is 11.8. The Kier molecular flexibility index (Phi) is 8.41. The molecule has 0 radical (unpaired) electrons. The molecule has 0 aromatic heterocycles. The van der Waals surface area contributed by atoms with Crippen LogP contribution in [0.15, 0.2) is 30.3 Å². The fourth-order valence-corrected chi connectivity index (χ4v) is 1.84. The maximum atomic E-state index is 12.0. The summed E-state index contributed by atoms with van der Waals surface area (Å²) in [5, 5.41) is 4.81. The first-order chi connectivity index (χ1) is 12.2. The van der Waals surface area contributed by atoms with Crippen LogP contribution < -0.4 is 10.6 Å². The third-order valence-corrected chi connectivity index (χ3v) is 2.93. The van der Waals surface area contributed by atoms with Crippen LogP contribution in [0.3, 0.4) is 0 Å². The maximum Gasteiger partial charge on any atom is 0.408 e. The van der Waals surface area contributed by atoms with Gasteiger partial charge in [0, 0.05) is 0 Å². The number of hydrogen-bond donors (Lipinski definition) is 2. The van der Waals surface area contributed by atoms with Gasteiger partial charge in [0.15, 0.2) is 0 Å². The van der Waals surface area contributed by atoms with Gasteiger partial charge in [-0.1, -0.05) is 30.3 Å². The molecule has 0 fully saturated rings. The van der Waals surface area contributed by atoms with Gasteiger partial charge in [0.2, 0.25) is 0 Å². The standard InChI is InChI=1S/C18H26N2O6/c1-5-24-15(21)14(11-19-16(22)26-18(2,3)4)20-17(23)25-12-13-9-7-6-8-10-13/h6-10,14H,5,11-12H2,1-4H3,(H,19,22)(H,20,23)/t14-/m0/s1. The Morgan fingerprint density at radius 3 is 2.27 bits per heavy atom. The number of esters is 1. The molecular formula is C18H26N2O6. The molecule has 8 nitrogen and oxygen atoms in total. The first-order valence-electron chi connectivity index (χ1n) is 8.32. The van der Waals surface area contributed by atoms with E-state index in [0.29, 0.717) is 0 Å². The fourth-order valence-electron chi connectivity index (χ4n) is 1.84. The molecule has 2 N–H and O–H groups in total. The molecule has 144 valence electrons. The van der Waals surface area contributed by atoms with Gasteiger partial charge in [0.05, 0.1) is 13.2 Å².